The summed E-state index contributed by atoms with van der Waals surface area (Å²) in [5.74, 6) is -1.27. The Morgan fingerprint density at radius 1 is 1.24 bits per heavy atom. The van der Waals surface area contributed by atoms with Crippen LogP contribution in [0.5, 0.6) is 0 Å². The Bertz CT molecular complexity index is 966. The van der Waals surface area contributed by atoms with Gasteiger partial charge in [0.15, 0.2) is 0 Å². The van der Waals surface area contributed by atoms with Gasteiger partial charge in [0, 0.05) is 18.1 Å². The molecule has 0 atom stereocenters. The van der Waals surface area contributed by atoms with Crippen molar-refractivity contribution in [2.75, 3.05) is 16.0 Å². The number of benzene rings is 1. The highest BCUT2D eigenvalue weighted by Crippen LogP contribution is 2.36. The van der Waals surface area contributed by atoms with Crippen molar-refractivity contribution in [2.24, 2.45) is 5.73 Å². The second-order valence-corrected chi connectivity index (χ2v) is 5.68. The predicted molar refractivity (Wildman–Crippen MR) is 105 cm³/mol. The molecule has 0 unspecified atom stereocenters. The van der Waals surface area contributed by atoms with Crippen molar-refractivity contribution in [1.29, 1.82) is 5.41 Å². The molecule has 0 aliphatic rings. The van der Waals surface area contributed by atoms with Crippen LogP contribution in [0.1, 0.15) is 12.5 Å². The molecule has 0 bridgehead atoms. The third-order valence-corrected chi connectivity index (χ3v) is 3.53. The van der Waals surface area contributed by atoms with Crippen LogP contribution in [0.2, 0.25) is 0 Å². The van der Waals surface area contributed by atoms with Gasteiger partial charge in [-0.15, -0.1) is 0 Å². The van der Waals surface area contributed by atoms with Gasteiger partial charge in [0.05, 0.1) is 17.1 Å². The number of para-hydroxylation sites is 2. The molecule has 2 rings (SSSR count). The first kappa shape index (κ1) is 21.4. The molecule has 1 heterocycles. The van der Waals surface area contributed by atoms with E-state index < -0.39 is 23.5 Å². The number of carbonyl (C=O) groups excluding carboxylic acids is 1. The largest absolute Gasteiger partial charge is 0.421 e. The van der Waals surface area contributed by atoms with Gasteiger partial charge in [-0.3, -0.25) is 4.79 Å². The van der Waals surface area contributed by atoms with Crippen molar-refractivity contribution in [1.82, 2.24) is 9.97 Å². The summed E-state index contributed by atoms with van der Waals surface area (Å²) in [5, 5.41) is 15.0. The van der Waals surface area contributed by atoms with E-state index in [-0.39, 0.29) is 28.7 Å². The van der Waals surface area contributed by atoms with Gasteiger partial charge in [0.1, 0.15) is 11.4 Å². The summed E-state index contributed by atoms with van der Waals surface area (Å²) in [5.41, 5.74) is 5.26. The summed E-state index contributed by atoms with van der Waals surface area (Å²) >= 11 is 0. The lowest BCUT2D eigenvalue weighted by molar-refractivity contribution is -0.137. The smallest absolute Gasteiger partial charge is 0.401 e. The monoisotopic (exact) mass is 405 g/mol. The molecule has 0 fully saturated rings. The molecule has 0 spiro atoms. The van der Waals surface area contributed by atoms with Crippen molar-refractivity contribution in [3.63, 3.8) is 0 Å². The quantitative estimate of drug-likeness (QED) is 0.354. The fourth-order valence-corrected chi connectivity index (χ4v) is 2.13. The van der Waals surface area contributed by atoms with E-state index in [1.54, 1.807) is 12.1 Å². The summed E-state index contributed by atoms with van der Waals surface area (Å²) < 4.78 is 40.2. The maximum Gasteiger partial charge on any atom is 0.421 e. The van der Waals surface area contributed by atoms with E-state index in [9.17, 15) is 18.0 Å². The van der Waals surface area contributed by atoms with Gasteiger partial charge in [-0.25, -0.2) is 4.98 Å². The van der Waals surface area contributed by atoms with Gasteiger partial charge in [-0.05, 0) is 25.1 Å². The van der Waals surface area contributed by atoms with Crippen LogP contribution in [0.15, 0.2) is 54.5 Å². The first-order valence-electron chi connectivity index (χ1n) is 8.13. The molecule has 0 aliphatic carbocycles. The van der Waals surface area contributed by atoms with Crippen molar-refractivity contribution < 1.29 is 18.0 Å². The SMILES string of the molecule is C=CC(=O)Nc1ccccc1Nc1nc(NC(C=N)=C(C)N)ncc1C(F)(F)F. The van der Waals surface area contributed by atoms with Gasteiger partial charge < -0.3 is 27.1 Å². The molecule has 1 aromatic carbocycles. The number of nitrogens with two attached hydrogens (primary N) is 1. The average Bonchev–Trinajstić information content (AvgIpc) is 2.66. The number of alkyl halides is 3. The lowest BCUT2D eigenvalue weighted by Crippen LogP contribution is -2.16. The first-order valence-corrected chi connectivity index (χ1v) is 8.13. The minimum absolute atomic E-state index is 0.134. The second kappa shape index (κ2) is 8.87. The van der Waals surface area contributed by atoms with Crippen LogP contribution >= 0.6 is 0 Å². The number of nitrogens with zero attached hydrogens (tertiary/aromatic N) is 2. The van der Waals surface area contributed by atoms with E-state index in [1.165, 1.54) is 19.1 Å². The molecule has 11 heteroatoms. The minimum atomic E-state index is -4.73. The fraction of sp³-hybridized carbons (Fsp3) is 0.111. The summed E-state index contributed by atoms with van der Waals surface area (Å²) in [4.78, 5) is 19.1. The van der Waals surface area contributed by atoms with Crippen LogP contribution in [0.4, 0.5) is 36.3 Å². The van der Waals surface area contributed by atoms with E-state index in [0.717, 1.165) is 12.3 Å². The molecule has 29 heavy (non-hydrogen) atoms. The number of amides is 1. The molecule has 0 radical (unpaired) electrons. The standard InChI is InChI=1S/C18H18F3N7O/c1-3-15(29)25-12-6-4-5-7-13(12)26-16-11(18(19,20)21)9-24-17(28-16)27-14(8-22)10(2)23/h3-9,22H,1,23H2,2H3,(H,25,29)(H2,24,26,27,28). The molecular weight excluding hydrogens is 387 g/mol. The van der Waals surface area contributed by atoms with Crippen molar-refractivity contribution in [3.8, 4) is 0 Å². The Morgan fingerprint density at radius 3 is 2.45 bits per heavy atom. The third-order valence-electron chi connectivity index (χ3n) is 3.53. The van der Waals surface area contributed by atoms with Crippen molar-refractivity contribution in [2.45, 2.75) is 13.1 Å². The lowest BCUT2D eigenvalue weighted by atomic mass is 10.2. The molecule has 152 valence electrons. The number of hydrogen-bond acceptors (Lipinski definition) is 7. The minimum Gasteiger partial charge on any atom is -0.401 e. The van der Waals surface area contributed by atoms with Crippen molar-refractivity contribution in [3.05, 3.63) is 60.1 Å². The van der Waals surface area contributed by atoms with E-state index in [2.05, 4.69) is 32.5 Å². The summed E-state index contributed by atoms with van der Waals surface area (Å²) in [6.45, 7) is 4.84. The molecule has 1 amide bonds. The maximum atomic E-state index is 13.4. The molecular formula is C18H18F3N7O. The molecule has 2 aromatic rings. The summed E-state index contributed by atoms with van der Waals surface area (Å²) in [6, 6.07) is 6.16. The highest BCUT2D eigenvalue weighted by atomic mass is 19.4. The molecule has 0 saturated heterocycles. The molecule has 1 aromatic heterocycles. The summed E-state index contributed by atoms with van der Waals surface area (Å²) in [7, 11) is 0. The Labute approximate surface area is 164 Å². The average molecular weight is 405 g/mol. The van der Waals surface area contributed by atoms with Gasteiger partial charge in [0.25, 0.3) is 0 Å². The lowest BCUT2D eigenvalue weighted by Gasteiger charge is -2.17. The van der Waals surface area contributed by atoms with Gasteiger partial charge in [-0.2, -0.15) is 18.2 Å². The van der Waals surface area contributed by atoms with Crippen LogP contribution in [0.25, 0.3) is 0 Å². The number of halogens is 3. The van der Waals surface area contributed by atoms with Gasteiger partial charge in [0.2, 0.25) is 11.9 Å². The van der Waals surface area contributed by atoms with Crippen LogP contribution in [-0.2, 0) is 11.0 Å². The zero-order chi connectivity index (χ0) is 21.6. The van der Waals surface area contributed by atoms with Gasteiger partial charge >= 0.3 is 6.18 Å². The highest BCUT2D eigenvalue weighted by Gasteiger charge is 2.35. The van der Waals surface area contributed by atoms with Crippen molar-refractivity contribution >= 4 is 35.3 Å². The first-order chi connectivity index (χ1) is 13.7. The number of carbonyl (C=O) groups is 1. The number of aromatic nitrogens is 2. The molecule has 6 N–H and O–H groups in total. The maximum absolute atomic E-state index is 13.4. The number of hydrogen-bond donors (Lipinski definition) is 5. The van der Waals surface area contributed by atoms with Crippen LogP contribution in [0, 0.1) is 5.41 Å². The Balaban J connectivity index is 2.49. The predicted octanol–water partition coefficient (Wildman–Crippen LogP) is 3.62. The highest BCUT2D eigenvalue weighted by molar-refractivity contribution is 6.01. The zero-order valence-electron chi connectivity index (χ0n) is 15.3. The normalized spacial score (nSPS) is 11.9. The topological polar surface area (TPSA) is 129 Å². The van der Waals surface area contributed by atoms with E-state index in [4.69, 9.17) is 11.1 Å². The summed E-state index contributed by atoms with van der Waals surface area (Å²) in [6.07, 6.45) is -2.20. The number of anilines is 4. The number of nitrogens with one attached hydrogen (secondary N) is 4. The van der Waals surface area contributed by atoms with Crippen LogP contribution < -0.4 is 21.7 Å². The molecule has 0 saturated carbocycles. The molecule has 8 nitrogen and oxygen atoms in total. The third kappa shape index (κ3) is 5.54. The number of rotatable bonds is 7. The van der Waals surface area contributed by atoms with E-state index >= 15 is 0 Å². The Hall–Kier alpha value is -3.89. The zero-order valence-corrected chi connectivity index (χ0v) is 15.3. The van der Waals surface area contributed by atoms with Crippen LogP contribution in [-0.4, -0.2) is 22.1 Å². The van der Waals surface area contributed by atoms with Crippen LogP contribution in [0.3, 0.4) is 0 Å². The van der Waals surface area contributed by atoms with E-state index in [0.29, 0.717) is 6.20 Å². The number of allylic oxidation sites excluding steroid dienone is 2. The van der Waals surface area contributed by atoms with Gasteiger partial charge in [-0.1, -0.05) is 18.7 Å². The second-order valence-electron chi connectivity index (χ2n) is 5.68. The molecule has 0 aliphatic heterocycles. The fourth-order valence-electron chi connectivity index (χ4n) is 2.13. The Morgan fingerprint density at radius 2 is 1.90 bits per heavy atom. The Kier molecular flexibility index (Phi) is 6.55. The van der Waals surface area contributed by atoms with E-state index in [1.807, 2.05) is 0 Å².